The monoisotopic (exact) mass is 358 g/mol. The zero-order chi connectivity index (χ0) is 15.5. The van der Waals surface area contributed by atoms with Crippen LogP contribution in [0.25, 0.3) is 11.0 Å². The molecule has 2 aromatic carbocycles. The fourth-order valence-corrected chi connectivity index (χ4v) is 2.34. The fourth-order valence-electron chi connectivity index (χ4n) is 2.07. The molecule has 0 bridgehead atoms. The maximum absolute atomic E-state index is 11.9. The van der Waals surface area contributed by atoms with Crippen molar-refractivity contribution in [1.82, 2.24) is 0 Å². The number of benzene rings is 2. The van der Waals surface area contributed by atoms with Gasteiger partial charge in [0.05, 0.1) is 11.4 Å². The molecule has 1 heterocycles. The fraction of sp³-hybridized carbons (Fsp3) is 0. The summed E-state index contributed by atoms with van der Waals surface area (Å²) in [5, 5.41) is 0.647. The predicted molar refractivity (Wildman–Crippen MR) is 89.3 cm³/mol. The molecule has 3 aromatic rings. The number of fused-ring (bicyclic) bond motifs is 1. The molecular weight excluding hydrogens is 348 g/mol. The molecule has 0 saturated carbocycles. The zero-order valence-electron chi connectivity index (χ0n) is 11.3. The first kappa shape index (κ1) is 14.3. The highest BCUT2D eigenvalue weighted by Gasteiger charge is 2.13. The molecule has 0 amide bonds. The Labute approximate surface area is 134 Å². The van der Waals surface area contributed by atoms with Gasteiger partial charge in [-0.15, -0.1) is 0 Å². The second-order valence-electron chi connectivity index (χ2n) is 4.55. The molecule has 110 valence electrons. The van der Waals surface area contributed by atoms with Crippen LogP contribution in [-0.4, -0.2) is 6.29 Å². The average molecular weight is 359 g/mol. The van der Waals surface area contributed by atoms with E-state index in [2.05, 4.69) is 26.8 Å². The number of aldehydes is 1. The van der Waals surface area contributed by atoms with E-state index < -0.39 is 5.63 Å². The minimum Gasteiger partial charge on any atom is -0.422 e. The Morgan fingerprint density at radius 1 is 1.00 bits per heavy atom. The van der Waals surface area contributed by atoms with Crippen molar-refractivity contribution >= 4 is 44.6 Å². The normalized spacial score (nSPS) is 10.4. The Hall–Kier alpha value is -2.60. The number of hydrogen-bond acceptors (Lipinski definition) is 5. The summed E-state index contributed by atoms with van der Waals surface area (Å²) in [4.78, 5) is 23.1. The van der Waals surface area contributed by atoms with Crippen LogP contribution in [0, 0.1) is 0 Å². The number of hydrazine groups is 1. The van der Waals surface area contributed by atoms with Gasteiger partial charge in [0.1, 0.15) is 11.1 Å². The third-order valence-corrected chi connectivity index (χ3v) is 3.67. The van der Waals surface area contributed by atoms with Crippen molar-refractivity contribution in [2.24, 2.45) is 0 Å². The summed E-state index contributed by atoms with van der Waals surface area (Å²) in [5.74, 6) is 0. The van der Waals surface area contributed by atoms with Gasteiger partial charge >= 0.3 is 5.63 Å². The third kappa shape index (κ3) is 2.73. The number of carbonyl (C=O) groups is 1. The first-order valence-electron chi connectivity index (χ1n) is 6.47. The average Bonchev–Trinajstić information content (AvgIpc) is 2.53. The maximum Gasteiger partial charge on any atom is 0.349 e. The Morgan fingerprint density at radius 2 is 1.73 bits per heavy atom. The van der Waals surface area contributed by atoms with Crippen LogP contribution in [0.1, 0.15) is 10.4 Å². The molecule has 0 spiro atoms. The van der Waals surface area contributed by atoms with Gasteiger partial charge in [0.15, 0.2) is 6.29 Å². The zero-order valence-corrected chi connectivity index (χ0v) is 12.9. The van der Waals surface area contributed by atoms with Crippen LogP contribution in [0.3, 0.4) is 0 Å². The molecule has 1 aromatic heterocycles. The van der Waals surface area contributed by atoms with E-state index in [1.165, 1.54) is 0 Å². The number of rotatable bonds is 4. The lowest BCUT2D eigenvalue weighted by atomic mass is 10.1. The largest absolute Gasteiger partial charge is 0.422 e. The summed E-state index contributed by atoms with van der Waals surface area (Å²) < 4.78 is 6.09. The van der Waals surface area contributed by atoms with Gasteiger partial charge in [0, 0.05) is 9.86 Å². The van der Waals surface area contributed by atoms with E-state index in [1.54, 1.807) is 18.2 Å². The number of nitrogens with one attached hydrogen (secondary N) is 2. The first-order valence-corrected chi connectivity index (χ1v) is 7.27. The van der Waals surface area contributed by atoms with Crippen molar-refractivity contribution in [3.8, 4) is 0 Å². The summed E-state index contributed by atoms with van der Waals surface area (Å²) in [6.07, 6.45) is 0.490. The van der Waals surface area contributed by atoms with Gasteiger partial charge in [0.25, 0.3) is 0 Å². The molecule has 0 unspecified atom stereocenters. The quantitative estimate of drug-likeness (QED) is 0.421. The number of anilines is 2. The highest BCUT2D eigenvalue weighted by atomic mass is 79.9. The molecule has 0 aliphatic heterocycles. The van der Waals surface area contributed by atoms with Crippen molar-refractivity contribution in [3.05, 3.63) is 69.0 Å². The topological polar surface area (TPSA) is 71.3 Å². The van der Waals surface area contributed by atoms with E-state index in [9.17, 15) is 9.59 Å². The molecule has 6 heteroatoms. The molecule has 0 radical (unpaired) electrons. The molecule has 0 atom stereocenters. The SMILES string of the molecule is O=Cc1c(NNc2ccc(Br)cc2)c2ccccc2oc1=O. The van der Waals surface area contributed by atoms with Crippen molar-refractivity contribution in [2.45, 2.75) is 0 Å². The lowest BCUT2D eigenvalue weighted by Gasteiger charge is -2.13. The highest BCUT2D eigenvalue weighted by molar-refractivity contribution is 9.10. The van der Waals surface area contributed by atoms with E-state index >= 15 is 0 Å². The highest BCUT2D eigenvalue weighted by Crippen LogP contribution is 2.24. The molecule has 0 aliphatic carbocycles. The van der Waals surface area contributed by atoms with Gasteiger partial charge in [0.2, 0.25) is 0 Å². The van der Waals surface area contributed by atoms with Crippen molar-refractivity contribution in [1.29, 1.82) is 0 Å². The van der Waals surface area contributed by atoms with Crippen molar-refractivity contribution in [2.75, 3.05) is 10.9 Å². The van der Waals surface area contributed by atoms with Crippen LogP contribution in [0.4, 0.5) is 11.4 Å². The predicted octanol–water partition coefficient (Wildman–Crippen LogP) is 3.81. The minimum atomic E-state index is -0.672. The molecule has 22 heavy (non-hydrogen) atoms. The summed E-state index contributed by atoms with van der Waals surface area (Å²) in [5.41, 5.74) is 6.77. The first-order chi connectivity index (χ1) is 10.7. The van der Waals surface area contributed by atoms with E-state index in [0.29, 0.717) is 22.9 Å². The summed E-state index contributed by atoms with van der Waals surface area (Å²) in [7, 11) is 0. The van der Waals surface area contributed by atoms with Crippen LogP contribution in [-0.2, 0) is 0 Å². The lowest BCUT2D eigenvalue weighted by Crippen LogP contribution is -2.16. The number of halogens is 1. The molecule has 5 nitrogen and oxygen atoms in total. The van der Waals surface area contributed by atoms with Crippen LogP contribution >= 0.6 is 15.9 Å². The summed E-state index contributed by atoms with van der Waals surface area (Å²) in [6, 6.07) is 14.5. The second kappa shape index (κ2) is 6.03. The number of para-hydroxylation sites is 1. The second-order valence-corrected chi connectivity index (χ2v) is 5.46. The molecule has 2 N–H and O–H groups in total. The van der Waals surface area contributed by atoms with E-state index in [-0.39, 0.29) is 5.56 Å². The van der Waals surface area contributed by atoms with Gasteiger partial charge in [-0.3, -0.25) is 10.2 Å². The van der Waals surface area contributed by atoms with Crippen LogP contribution in [0.15, 0.2) is 62.2 Å². The summed E-state index contributed by atoms with van der Waals surface area (Å²) >= 11 is 3.36. The third-order valence-electron chi connectivity index (χ3n) is 3.14. The van der Waals surface area contributed by atoms with E-state index in [1.807, 2.05) is 30.3 Å². The molecule has 0 fully saturated rings. The molecule has 3 rings (SSSR count). The number of hydrogen-bond donors (Lipinski definition) is 2. The van der Waals surface area contributed by atoms with E-state index in [4.69, 9.17) is 4.42 Å². The Kier molecular flexibility index (Phi) is 3.93. The molecular formula is C16H11BrN2O3. The minimum absolute atomic E-state index is 0.0525. The van der Waals surface area contributed by atoms with Crippen molar-refractivity contribution in [3.63, 3.8) is 0 Å². The van der Waals surface area contributed by atoms with Crippen LogP contribution in [0.2, 0.25) is 0 Å². The lowest BCUT2D eigenvalue weighted by molar-refractivity contribution is 0.112. The van der Waals surface area contributed by atoms with E-state index in [0.717, 1.165) is 10.2 Å². The van der Waals surface area contributed by atoms with Gasteiger partial charge in [-0.2, -0.15) is 0 Å². The smallest absolute Gasteiger partial charge is 0.349 e. The summed E-state index contributed by atoms with van der Waals surface area (Å²) in [6.45, 7) is 0. The van der Waals surface area contributed by atoms with Crippen molar-refractivity contribution < 1.29 is 9.21 Å². The van der Waals surface area contributed by atoms with Crippen LogP contribution in [0.5, 0.6) is 0 Å². The van der Waals surface area contributed by atoms with Gasteiger partial charge < -0.3 is 9.84 Å². The molecule has 0 aliphatic rings. The Bertz CT molecular complexity index is 888. The Morgan fingerprint density at radius 3 is 2.45 bits per heavy atom. The van der Waals surface area contributed by atoms with Crippen LogP contribution < -0.4 is 16.5 Å². The molecule has 0 saturated heterocycles. The van der Waals surface area contributed by atoms with Gasteiger partial charge in [-0.1, -0.05) is 28.1 Å². The maximum atomic E-state index is 11.9. The van der Waals surface area contributed by atoms with Gasteiger partial charge in [-0.05, 0) is 36.4 Å². The van der Waals surface area contributed by atoms with Gasteiger partial charge in [-0.25, -0.2) is 4.79 Å². The number of carbonyl (C=O) groups excluding carboxylic acids is 1. The standard InChI is InChI=1S/C16H11BrN2O3/c17-10-5-7-11(8-6-10)18-19-15-12-3-1-2-4-14(12)22-16(21)13(15)9-20/h1-9,18-19H. The Balaban J connectivity index is 2.03.